The van der Waals surface area contributed by atoms with Crippen molar-refractivity contribution in [1.29, 1.82) is 0 Å². The summed E-state index contributed by atoms with van der Waals surface area (Å²) in [5.41, 5.74) is 2.40. The number of nitrogens with one attached hydrogen (secondary N) is 1. The highest BCUT2D eigenvalue weighted by Crippen LogP contribution is 2.38. The van der Waals surface area contributed by atoms with Gasteiger partial charge in [0.1, 0.15) is 12.0 Å². The molecule has 3 aromatic carbocycles. The fourth-order valence-electron chi connectivity index (χ4n) is 3.08. The highest BCUT2D eigenvalue weighted by atomic mass is 79.9. The summed E-state index contributed by atoms with van der Waals surface area (Å²) in [5.74, 6) is -0.537. The number of hydrogen-bond donors (Lipinski definition) is 1. The number of hydrogen-bond acceptors (Lipinski definition) is 2. The van der Waals surface area contributed by atoms with Gasteiger partial charge in [-0.05, 0) is 48.5 Å². The lowest BCUT2D eigenvalue weighted by atomic mass is 10.1. The van der Waals surface area contributed by atoms with Crippen molar-refractivity contribution in [3.63, 3.8) is 0 Å². The lowest BCUT2D eigenvalue weighted by Crippen LogP contribution is -2.32. The Morgan fingerprint density at radius 3 is 2.50 bits per heavy atom. The van der Waals surface area contributed by atoms with Crippen LogP contribution in [-0.2, 0) is 0 Å². The molecule has 0 fully saturated rings. The van der Waals surface area contributed by atoms with E-state index >= 15 is 0 Å². The maximum absolute atomic E-state index is 14.3. The van der Waals surface area contributed by atoms with Gasteiger partial charge in [-0.1, -0.05) is 45.7 Å². The SMILES string of the molecule is O=C1c2ccccc2[C@H](Nc2ccc(Br)cc2F)N1c1ccc(Cl)cc1. The van der Waals surface area contributed by atoms with Gasteiger partial charge in [0, 0.05) is 26.3 Å². The van der Waals surface area contributed by atoms with Crippen molar-refractivity contribution in [2.24, 2.45) is 0 Å². The van der Waals surface area contributed by atoms with Crippen LogP contribution in [-0.4, -0.2) is 5.91 Å². The number of halogens is 3. The van der Waals surface area contributed by atoms with Crippen LogP contribution in [0.1, 0.15) is 22.1 Å². The van der Waals surface area contributed by atoms with E-state index in [1.54, 1.807) is 47.4 Å². The van der Waals surface area contributed by atoms with Crippen LogP contribution in [0.3, 0.4) is 0 Å². The van der Waals surface area contributed by atoms with Gasteiger partial charge in [-0.2, -0.15) is 0 Å². The summed E-state index contributed by atoms with van der Waals surface area (Å²) in [6.45, 7) is 0. The summed E-state index contributed by atoms with van der Waals surface area (Å²) < 4.78 is 15.0. The largest absolute Gasteiger partial charge is 0.359 e. The zero-order chi connectivity index (χ0) is 18.3. The molecule has 1 aliphatic rings. The monoisotopic (exact) mass is 430 g/mol. The molecular weight excluding hydrogens is 419 g/mol. The highest BCUT2D eigenvalue weighted by Gasteiger charge is 2.37. The first-order valence-corrected chi connectivity index (χ1v) is 9.11. The first-order valence-electron chi connectivity index (χ1n) is 7.94. The molecule has 0 aliphatic carbocycles. The van der Waals surface area contributed by atoms with Gasteiger partial charge < -0.3 is 5.32 Å². The molecule has 1 heterocycles. The van der Waals surface area contributed by atoms with Crippen molar-refractivity contribution in [1.82, 2.24) is 0 Å². The molecule has 0 radical (unpaired) electrons. The van der Waals surface area contributed by atoms with E-state index in [0.717, 1.165) is 5.56 Å². The van der Waals surface area contributed by atoms with Crippen LogP contribution in [0.4, 0.5) is 15.8 Å². The lowest BCUT2D eigenvalue weighted by molar-refractivity contribution is 0.0993. The summed E-state index contributed by atoms with van der Waals surface area (Å²) in [7, 11) is 0. The molecule has 0 unspecified atom stereocenters. The van der Waals surface area contributed by atoms with E-state index in [0.29, 0.717) is 26.4 Å². The van der Waals surface area contributed by atoms with Crippen molar-refractivity contribution in [2.75, 3.05) is 10.2 Å². The Kier molecular flexibility index (Phi) is 4.42. The van der Waals surface area contributed by atoms with Crippen LogP contribution in [0, 0.1) is 5.82 Å². The first kappa shape index (κ1) is 17.1. The van der Waals surface area contributed by atoms with Crippen LogP contribution >= 0.6 is 27.5 Å². The van der Waals surface area contributed by atoms with Crippen LogP contribution < -0.4 is 10.2 Å². The Balaban J connectivity index is 1.79. The highest BCUT2D eigenvalue weighted by molar-refractivity contribution is 9.10. The topological polar surface area (TPSA) is 32.3 Å². The van der Waals surface area contributed by atoms with Crippen molar-refractivity contribution in [3.8, 4) is 0 Å². The second kappa shape index (κ2) is 6.74. The Bertz CT molecular complexity index is 993. The van der Waals surface area contributed by atoms with E-state index in [2.05, 4.69) is 21.2 Å². The Labute approximate surface area is 163 Å². The van der Waals surface area contributed by atoms with Crippen LogP contribution in [0.2, 0.25) is 5.02 Å². The van der Waals surface area contributed by atoms with Crippen LogP contribution in [0.25, 0.3) is 0 Å². The van der Waals surface area contributed by atoms with E-state index in [1.165, 1.54) is 6.07 Å². The van der Waals surface area contributed by atoms with Gasteiger partial charge in [-0.3, -0.25) is 9.69 Å². The van der Waals surface area contributed by atoms with Gasteiger partial charge in [-0.15, -0.1) is 0 Å². The number of carbonyl (C=O) groups excluding carboxylic acids is 1. The quantitative estimate of drug-likeness (QED) is 0.550. The molecule has 0 bridgehead atoms. The maximum Gasteiger partial charge on any atom is 0.260 e. The Morgan fingerprint density at radius 2 is 1.77 bits per heavy atom. The fourth-order valence-corrected chi connectivity index (χ4v) is 3.54. The summed E-state index contributed by atoms with van der Waals surface area (Å²) in [5, 5.41) is 3.75. The minimum Gasteiger partial charge on any atom is -0.359 e. The predicted octanol–water partition coefficient (Wildman–Crippen LogP) is 6.01. The molecule has 1 amide bonds. The molecule has 1 N–H and O–H groups in total. The van der Waals surface area contributed by atoms with Gasteiger partial charge in [0.05, 0.1) is 5.69 Å². The summed E-state index contributed by atoms with van der Waals surface area (Å²) in [4.78, 5) is 14.6. The minimum atomic E-state index is -0.518. The van der Waals surface area contributed by atoms with Crippen molar-refractivity contribution in [3.05, 3.63) is 93.2 Å². The number of fused-ring (bicyclic) bond motifs is 1. The van der Waals surface area contributed by atoms with Gasteiger partial charge in [0.2, 0.25) is 0 Å². The van der Waals surface area contributed by atoms with Crippen molar-refractivity contribution < 1.29 is 9.18 Å². The lowest BCUT2D eigenvalue weighted by Gasteiger charge is -2.27. The number of nitrogens with zero attached hydrogens (tertiary/aromatic N) is 1. The zero-order valence-electron chi connectivity index (χ0n) is 13.4. The fraction of sp³-hybridized carbons (Fsp3) is 0.0500. The van der Waals surface area contributed by atoms with Crippen LogP contribution in [0.15, 0.2) is 71.2 Å². The first-order chi connectivity index (χ1) is 12.5. The second-order valence-electron chi connectivity index (χ2n) is 5.91. The van der Waals surface area contributed by atoms with E-state index in [-0.39, 0.29) is 5.91 Å². The van der Waals surface area contributed by atoms with Crippen molar-refractivity contribution in [2.45, 2.75) is 6.17 Å². The molecule has 0 saturated heterocycles. The molecule has 3 aromatic rings. The third kappa shape index (κ3) is 2.97. The third-order valence-corrected chi connectivity index (χ3v) is 5.04. The second-order valence-corrected chi connectivity index (χ2v) is 7.26. The summed E-state index contributed by atoms with van der Waals surface area (Å²) in [6, 6.07) is 19.1. The van der Waals surface area contributed by atoms with Crippen molar-refractivity contribution >= 4 is 44.8 Å². The van der Waals surface area contributed by atoms with Gasteiger partial charge in [-0.25, -0.2) is 4.39 Å². The van der Waals surface area contributed by atoms with Gasteiger partial charge in [0.25, 0.3) is 5.91 Å². The molecule has 0 aromatic heterocycles. The van der Waals surface area contributed by atoms with E-state index < -0.39 is 12.0 Å². The normalized spacial score (nSPS) is 15.9. The predicted molar refractivity (Wildman–Crippen MR) is 105 cm³/mol. The molecular formula is C20H13BrClFN2O. The molecule has 3 nitrogen and oxygen atoms in total. The molecule has 26 heavy (non-hydrogen) atoms. The average molecular weight is 432 g/mol. The average Bonchev–Trinajstić information content (AvgIpc) is 2.91. The zero-order valence-corrected chi connectivity index (χ0v) is 15.8. The molecule has 1 aliphatic heterocycles. The minimum absolute atomic E-state index is 0.141. The molecule has 130 valence electrons. The smallest absolute Gasteiger partial charge is 0.260 e. The van der Waals surface area contributed by atoms with Gasteiger partial charge in [0.15, 0.2) is 0 Å². The summed E-state index contributed by atoms with van der Waals surface area (Å²) >= 11 is 9.23. The number of anilines is 2. The Morgan fingerprint density at radius 1 is 1.04 bits per heavy atom. The number of carbonyl (C=O) groups is 1. The summed E-state index contributed by atoms with van der Waals surface area (Å²) in [6.07, 6.45) is -0.518. The van der Waals surface area contributed by atoms with E-state index in [4.69, 9.17) is 11.6 Å². The molecule has 0 saturated carbocycles. The maximum atomic E-state index is 14.3. The molecule has 4 rings (SSSR count). The molecule has 6 heteroatoms. The molecule has 1 atom stereocenters. The standard InChI is InChI=1S/C20H13BrClFN2O/c21-12-5-10-18(17(23)11-12)24-19-15-3-1-2-4-16(15)20(26)25(19)14-8-6-13(22)7-9-14/h1-11,19,24H/t19-/m1/s1. The van der Waals surface area contributed by atoms with E-state index in [9.17, 15) is 9.18 Å². The number of rotatable bonds is 3. The Hall–Kier alpha value is -2.37. The molecule has 0 spiro atoms. The van der Waals surface area contributed by atoms with Crippen LogP contribution in [0.5, 0.6) is 0 Å². The van der Waals surface area contributed by atoms with E-state index in [1.807, 2.05) is 18.2 Å². The number of benzene rings is 3. The van der Waals surface area contributed by atoms with Gasteiger partial charge >= 0.3 is 0 Å². The number of amides is 1. The third-order valence-electron chi connectivity index (χ3n) is 4.29.